The number of hydrogen-bond donors (Lipinski definition) is 1. The second-order valence-electron chi connectivity index (χ2n) is 5.25. The average Bonchev–Trinajstić information content (AvgIpc) is 2.79. The summed E-state index contributed by atoms with van der Waals surface area (Å²) in [4.78, 5) is 47.9. The number of benzene rings is 2. The molecule has 0 atom stereocenters. The van der Waals surface area contributed by atoms with E-state index in [9.17, 15) is 24.5 Å². The monoisotopic (exact) mass is 325 g/mol. The molecule has 2 aromatic rings. The Labute approximate surface area is 135 Å². The second kappa shape index (κ2) is 5.27. The summed E-state index contributed by atoms with van der Waals surface area (Å²) in [6.45, 7) is 1.40. The molecule has 2 aromatic carbocycles. The van der Waals surface area contributed by atoms with E-state index in [0.717, 1.165) is 11.0 Å². The van der Waals surface area contributed by atoms with Gasteiger partial charge >= 0.3 is 0 Å². The van der Waals surface area contributed by atoms with Gasteiger partial charge in [-0.25, -0.2) is 4.90 Å². The van der Waals surface area contributed by atoms with E-state index in [1.807, 2.05) is 0 Å². The first kappa shape index (κ1) is 15.3. The molecule has 0 spiro atoms. The lowest BCUT2D eigenvalue weighted by Crippen LogP contribution is -2.30. The Morgan fingerprint density at radius 2 is 1.67 bits per heavy atom. The van der Waals surface area contributed by atoms with Gasteiger partial charge in [-0.15, -0.1) is 0 Å². The highest BCUT2D eigenvalue weighted by molar-refractivity contribution is 6.34. The van der Waals surface area contributed by atoms with Crippen LogP contribution in [0, 0.1) is 17.0 Å². The molecule has 3 amide bonds. The minimum Gasteiger partial charge on any atom is -0.366 e. The van der Waals surface area contributed by atoms with E-state index in [0.29, 0.717) is 0 Å². The van der Waals surface area contributed by atoms with Crippen molar-refractivity contribution in [3.63, 3.8) is 0 Å². The fourth-order valence-electron chi connectivity index (χ4n) is 2.66. The predicted molar refractivity (Wildman–Crippen MR) is 83.9 cm³/mol. The molecule has 0 aromatic heterocycles. The Hall–Kier alpha value is -3.55. The van der Waals surface area contributed by atoms with Gasteiger partial charge < -0.3 is 5.73 Å². The zero-order chi connectivity index (χ0) is 17.6. The number of amides is 3. The van der Waals surface area contributed by atoms with Crippen molar-refractivity contribution in [3.05, 3.63) is 68.8 Å². The highest BCUT2D eigenvalue weighted by Gasteiger charge is 2.38. The number of nitro benzene ring substituents is 1. The summed E-state index contributed by atoms with van der Waals surface area (Å²) in [6.07, 6.45) is 0. The van der Waals surface area contributed by atoms with Crippen molar-refractivity contribution in [2.45, 2.75) is 6.92 Å². The molecule has 0 saturated heterocycles. The van der Waals surface area contributed by atoms with E-state index in [2.05, 4.69) is 0 Å². The number of fused-ring (bicyclic) bond motifs is 1. The van der Waals surface area contributed by atoms with Gasteiger partial charge in [0.05, 0.1) is 27.3 Å². The standard InChI is InChI=1S/C16H11N3O5/c1-8-12(6-9(14(17)20)7-13(8)19(23)24)18-15(21)10-4-2-3-5-11(10)16(18)22/h2-7H,1H3,(H2,17,20). The fourth-order valence-corrected chi connectivity index (χ4v) is 2.66. The Morgan fingerprint density at radius 3 is 2.12 bits per heavy atom. The fraction of sp³-hybridized carbons (Fsp3) is 0.0625. The number of carbonyl (C=O) groups is 3. The van der Waals surface area contributed by atoms with Crippen molar-refractivity contribution >= 4 is 29.1 Å². The predicted octanol–water partition coefficient (Wildman–Crippen LogP) is 1.80. The molecule has 0 aliphatic carbocycles. The summed E-state index contributed by atoms with van der Waals surface area (Å²) in [5, 5.41) is 11.2. The van der Waals surface area contributed by atoms with E-state index in [4.69, 9.17) is 5.73 Å². The van der Waals surface area contributed by atoms with E-state index in [-0.39, 0.29) is 27.9 Å². The normalized spacial score (nSPS) is 13.1. The van der Waals surface area contributed by atoms with Crippen molar-refractivity contribution in [3.8, 4) is 0 Å². The third kappa shape index (κ3) is 2.12. The Kier molecular flexibility index (Phi) is 3.37. The van der Waals surface area contributed by atoms with Gasteiger partial charge in [0.15, 0.2) is 0 Å². The number of nitrogens with zero attached hydrogens (tertiary/aromatic N) is 2. The summed E-state index contributed by atoms with van der Waals surface area (Å²) in [5.74, 6) is -2.10. The van der Waals surface area contributed by atoms with Gasteiger partial charge in [0, 0.05) is 11.6 Å². The molecule has 0 fully saturated rings. The molecule has 0 unspecified atom stereocenters. The van der Waals surface area contributed by atoms with Crippen LogP contribution in [-0.2, 0) is 0 Å². The zero-order valence-electron chi connectivity index (χ0n) is 12.5. The molecular weight excluding hydrogens is 314 g/mol. The van der Waals surface area contributed by atoms with Crippen molar-refractivity contribution in [2.75, 3.05) is 4.90 Å². The first-order chi connectivity index (χ1) is 11.3. The minimum atomic E-state index is -0.893. The molecule has 0 radical (unpaired) electrons. The van der Waals surface area contributed by atoms with Crippen LogP contribution < -0.4 is 10.6 Å². The van der Waals surface area contributed by atoms with E-state index in [1.54, 1.807) is 12.1 Å². The van der Waals surface area contributed by atoms with Crippen LogP contribution in [0.15, 0.2) is 36.4 Å². The van der Waals surface area contributed by atoms with Gasteiger partial charge in [0.1, 0.15) is 0 Å². The van der Waals surface area contributed by atoms with Crippen LogP contribution in [0.5, 0.6) is 0 Å². The lowest BCUT2D eigenvalue weighted by atomic mass is 10.1. The van der Waals surface area contributed by atoms with E-state index >= 15 is 0 Å². The Morgan fingerprint density at radius 1 is 1.12 bits per heavy atom. The van der Waals surface area contributed by atoms with Crippen molar-refractivity contribution in [1.82, 2.24) is 0 Å². The molecule has 1 aliphatic rings. The summed E-state index contributed by atoms with van der Waals surface area (Å²) in [7, 11) is 0. The first-order valence-electron chi connectivity index (χ1n) is 6.89. The van der Waals surface area contributed by atoms with Gasteiger partial charge in [0.2, 0.25) is 5.91 Å². The molecule has 0 bridgehead atoms. The van der Waals surface area contributed by atoms with Gasteiger partial charge in [-0.1, -0.05) is 12.1 Å². The molecule has 1 heterocycles. The number of imide groups is 1. The molecular formula is C16H11N3O5. The summed E-state index contributed by atoms with van der Waals surface area (Å²) in [5.41, 5.74) is 5.14. The van der Waals surface area contributed by atoms with Crippen LogP contribution in [0.4, 0.5) is 11.4 Å². The lowest BCUT2D eigenvalue weighted by molar-refractivity contribution is -0.385. The maximum Gasteiger partial charge on any atom is 0.275 e. The maximum atomic E-state index is 12.5. The molecule has 24 heavy (non-hydrogen) atoms. The van der Waals surface area contributed by atoms with Crippen molar-refractivity contribution in [1.29, 1.82) is 0 Å². The van der Waals surface area contributed by atoms with Crippen LogP contribution in [0.25, 0.3) is 0 Å². The Bertz CT molecular complexity index is 900. The zero-order valence-corrected chi connectivity index (χ0v) is 12.5. The largest absolute Gasteiger partial charge is 0.366 e. The second-order valence-corrected chi connectivity index (χ2v) is 5.25. The highest BCUT2D eigenvalue weighted by Crippen LogP contribution is 2.35. The number of nitrogens with two attached hydrogens (primary N) is 1. The summed E-state index contributed by atoms with van der Waals surface area (Å²) in [6, 6.07) is 8.46. The number of anilines is 1. The number of primary amides is 1. The smallest absolute Gasteiger partial charge is 0.275 e. The Balaban J connectivity index is 2.24. The van der Waals surface area contributed by atoms with E-state index < -0.39 is 28.3 Å². The van der Waals surface area contributed by atoms with Gasteiger partial charge in [-0.3, -0.25) is 24.5 Å². The van der Waals surface area contributed by atoms with Crippen LogP contribution in [0.2, 0.25) is 0 Å². The van der Waals surface area contributed by atoms with Gasteiger partial charge in [-0.05, 0) is 25.1 Å². The minimum absolute atomic E-state index is 0.0239. The number of carbonyl (C=O) groups excluding carboxylic acids is 3. The number of hydrogen-bond acceptors (Lipinski definition) is 5. The third-order valence-electron chi connectivity index (χ3n) is 3.87. The molecule has 8 heteroatoms. The average molecular weight is 325 g/mol. The first-order valence-corrected chi connectivity index (χ1v) is 6.89. The van der Waals surface area contributed by atoms with Crippen molar-refractivity contribution in [2.24, 2.45) is 5.73 Å². The highest BCUT2D eigenvalue weighted by atomic mass is 16.6. The van der Waals surface area contributed by atoms with E-state index in [1.165, 1.54) is 25.1 Å². The van der Waals surface area contributed by atoms with Crippen molar-refractivity contribution < 1.29 is 19.3 Å². The number of rotatable bonds is 3. The molecule has 0 saturated carbocycles. The lowest BCUT2D eigenvalue weighted by Gasteiger charge is -2.17. The SMILES string of the molecule is Cc1c(N2C(=O)c3ccccc3C2=O)cc(C(N)=O)cc1[N+](=O)[O-]. The topological polar surface area (TPSA) is 124 Å². The van der Waals surface area contributed by atoms with Crippen LogP contribution >= 0.6 is 0 Å². The molecule has 8 nitrogen and oxygen atoms in total. The molecule has 3 rings (SSSR count). The summed E-state index contributed by atoms with van der Waals surface area (Å²) < 4.78 is 0. The van der Waals surface area contributed by atoms with Crippen LogP contribution in [0.1, 0.15) is 36.6 Å². The van der Waals surface area contributed by atoms with Gasteiger partial charge in [-0.2, -0.15) is 0 Å². The molecule has 1 aliphatic heterocycles. The van der Waals surface area contributed by atoms with Crippen LogP contribution in [-0.4, -0.2) is 22.6 Å². The quantitative estimate of drug-likeness (QED) is 0.523. The molecule has 120 valence electrons. The third-order valence-corrected chi connectivity index (χ3v) is 3.87. The molecule has 2 N–H and O–H groups in total. The van der Waals surface area contributed by atoms with Gasteiger partial charge in [0.25, 0.3) is 17.5 Å². The van der Waals surface area contributed by atoms with Crippen LogP contribution in [0.3, 0.4) is 0 Å². The summed E-state index contributed by atoms with van der Waals surface area (Å²) >= 11 is 0. The maximum absolute atomic E-state index is 12.5. The number of nitro groups is 1.